The second-order valence-electron chi connectivity index (χ2n) is 4.36. The molecule has 2 N–H and O–H groups in total. The highest BCUT2D eigenvalue weighted by Gasteiger charge is 2.18. The van der Waals surface area contributed by atoms with E-state index >= 15 is 0 Å². The number of carbonyl (C=O) groups is 1. The lowest BCUT2D eigenvalue weighted by Gasteiger charge is -2.17. The maximum atomic E-state index is 13.8. The third-order valence-electron chi connectivity index (χ3n) is 2.96. The number of hydrogen-bond donors (Lipinski definition) is 2. The number of hydrogen-bond acceptors (Lipinski definition) is 2. The number of benzene rings is 2. The van der Waals surface area contributed by atoms with Gasteiger partial charge in [0.1, 0.15) is 0 Å². The molecule has 21 heavy (non-hydrogen) atoms. The fourth-order valence-electron chi connectivity index (χ4n) is 1.84. The topological polar surface area (TPSA) is 49.3 Å². The highest BCUT2D eigenvalue weighted by molar-refractivity contribution is 6.31. The van der Waals surface area contributed by atoms with Crippen LogP contribution in [0.3, 0.4) is 0 Å². The zero-order valence-electron chi connectivity index (χ0n) is 10.8. The molecule has 110 valence electrons. The minimum Gasteiger partial charge on any atom is -0.394 e. The Morgan fingerprint density at radius 1 is 1.19 bits per heavy atom. The van der Waals surface area contributed by atoms with Gasteiger partial charge < -0.3 is 10.4 Å². The summed E-state index contributed by atoms with van der Waals surface area (Å²) in [6.45, 7) is -0.324. The van der Waals surface area contributed by atoms with E-state index in [0.29, 0.717) is 10.6 Å². The van der Waals surface area contributed by atoms with Crippen LogP contribution in [0.15, 0.2) is 42.5 Å². The summed E-state index contributed by atoms with van der Waals surface area (Å²) in [5.41, 5.74) is 0.493. The molecular weight excluding hydrogens is 316 g/mol. The fourth-order valence-corrected chi connectivity index (χ4v) is 2.15. The van der Waals surface area contributed by atoms with E-state index in [9.17, 15) is 14.3 Å². The van der Waals surface area contributed by atoms with Gasteiger partial charge in [-0.25, -0.2) is 4.39 Å². The van der Waals surface area contributed by atoms with Crippen LogP contribution in [0.2, 0.25) is 10.0 Å². The average Bonchev–Trinajstić information content (AvgIpc) is 2.48. The van der Waals surface area contributed by atoms with E-state index < -0.39 is 17.8 Å². The normalized spacial score (nSPS) is 12.0. The van der Waals surface area contributed by atoms with E-state index in [4.69, 9.17) is 23.2 Å². The average molecular weight is 328 g/mol. The maximum Gasteiger partial charge on any atom is 0.254 e. The third-order valence-corrected chi connectivity index (χ3v) is 3.50. The van der Waals surface area contributed by atoms with Gasteiger partial charge in [0.15, 0.2) is 5.82 Å². The summed E-state index contributed by atoms with van der Waals surface area (Å²) in [5.74, 6) is -1.44. The molecule has 0 saturated carbocycles. The second kappa shape index (κ2) is 6.89. The third kappa shape index (κ3) is 3.73. The van der Waals surface area contributed by atoms with Crippen molar-refractivity contribution in [1.82, 2.24) is 5.32 Å². The molecular formula is C15H12Cl2FNO2. The quantitative estimate of drug-likeness (QED) is 0.901. The predicted octanol–water partition coefficient (Wildman–Crippen LogP) is 3.60. The summed E-state index contributed by atoms with van der Waals surface area (Å²) < 4.78 is 13.8. The molecule has 0 spiro atoms. The van der Waals surface area contributed by atoms with Crippen LogP contribution in [0.4, 0.5) is 4.39 Å². The van der Waals surface area contributed by atoms with Crippen LogP contribution in [0, 0.1) is 5.82 Å². The first-order valence-electron chi connectivity index (χ1n) is 6.14. The minimum absolute atomic E-state index is 0.130. The van der Waals surface area contributed by atoms with Crippen molar-refractivity contribution in [2.24, 2.45) is 0 Å². The SMILES string of the molecule is O=C(NC(CO)c1ccc(Cl)cc1)c1cccc(Cl)c1F. The predicted molar refractivity (Wildman–Crippen MR) is 80.2 cm³/mol. The zero-order valence-corrected chi connectivity index (χ0v) is 12.3. The van der Waals surface area contributed by atoms with Gasteiger partial charge >= 0.3 is 0 Å². The molecule has 2 aromatic rings. The Balaban J connectivity index is 2.20. The largest absolute Gasteiger partial charge is 0.394 e. The lowest BCUT2D eigenvalue weighted by atomic mass is 10.1. The molecule has 2 aromatic carbocycles. The Hall–Kier alpha value is -1.62. The molecule has 1 unspecified atom stereocenters. The van der Waals surface area contributed by atoms with Crippen molar-refractivity contribution in [3.63, 3.8) is 0 Å². The van der Waals surface area contributed by atoms with E-state index in [1.165, 1.54) is 18.2 Å². The molecule has 0 saturated heterocycles. The summed E-state index contributed by atoms with van der Waals surface area (Å²) in [6, 6.07) is 10.2. The summed E-state index contributed by atoms with van der Waals surface area (Å²) in [6.07, 6.45) is 0. The molecule has 2 rings (SSSR count). The van der Waals surface area contributed by atoms with Crippen molar-refractivity contribution in [3.8, 4) is 0 Å². The molecule has 6 heteroatoms. The number of aliphatic hydroxyl groups is 1. The lowest BCUT2D eigenvalue weighted by Crippen LogP contribution is -2.31. The molecule has 0 fully saturated rings. The van der Waals surface area contributed by atoms with Crippen LogP contribution in [0.1, 0.15) is 22.0 Å². The number of rotatable bonds is 4. The zero-order chi connectivity index (χ0) is 15.4. The maximum absolute atomic E-state index is 13.8. The Labute approximate surface area is 131 Å². The minimum atomic E-state index is -0.788. The van der Waals surface area contributed by atoms with Crippen molar-refractivity contribution >= 4 is 29.1 Å². The number of aliphatic hydroxyl groups excluding tert-OH is 1. The Morgan fingerprint density at radius 3 is 2.48 bits per heavy atom. The Kier molecular flexibility index (Phi) is 5.17. The summed E-state index contributed by atoms with van der Waals surface area (Å²) in [7, 11) is 0. The first-order chi connectivity index (χ1) is 10.0. The number of carbonyl (C=O) groups excluding carboxylic acids is 1. The standard InChI is InChI=1S/C15H12Cl2FNO2/c16-10-6-4-9(5-7-10)13(8-20)19-15(21)11-2-1-3-12(17)14(11)18/h1-7,13,20H,8H2,(H,19,21). The highest BCUT2D eigenvalue weighted by Crippen LogP contribution is 2.20. The van der Waals surface area contributed by atoms with Gasteiger partial charge in [-0.3, -0.25) is 4.79 Å². The van der Waals surface area contributed by atoms with Gasteiger partial charge in [-0.05, 0) is 29.8 Å². The van der Waals surface area contributed by atoms with Crippen LogP contribution in [0.5, 0.6) is 0 Å². The molecule has 0 aliphatic heterocycles. The van der Waals surface area contributed by atoms with Crippen LogP contribution < -0.4 is 5.32 Å². The van der Waals surface area contributed by atoms with Crippen LogP contribution in [-0.4, -0.2) is 17.6 Å². The number of nitrogens with one attached hydrogen (secondary N) is 1. The second-order valence-corrected chi connectivity index (χ2v) is 5.21. The van der Waals surface area contributed by atoms with Gasteiger partial charge in [-0.15, -0.1) is 0 Å². The monoisotopic (exact) mass is 327 g/mol. The van der Waals surface area contributed by atoms with Crippen molar-refractivity contribution in [2.75, 3.05) is 6.61 Å². The number of amides is 1. The highest BCUT2D eigenvalue weighted by atomic mass is 35.5. The van der Waals surface area contributed by atoms with Crippen molar-refractivity contribution in [2.45, 2.75) is 6.04 Å². The van der Waals surface area contributed by atoms with E-state index in [-0.39, 0.29) is 17.2 Å². The Morgan fingerprint density at radius 2 is 1.86 bits per heavy atom. The summed E-state index contributed by atoms with van der Waals surface area (Å²) >= 11 is 11.4. The van der Waals surface area contributed by atoms with Crippen LogP contribution >= 0.6 is 23.2 Å². The van der Waals surface area contributed by atoms with E-state index in [2.05, 4.69) is 5.32 Å². The van der Waals surface area contributed by atoms with Gasteiger partial charge in [0.2, 0.25) is 0 Å². The van der Waals surface area contributed by atoms with Gasteiger partial charge in [0, 0.05) is 5.02 Å². The molecule has 3 nitrogen and oxygen atoms in total. The Bertz CT molecular complexity index is 647. The van der Waals surface area contributed by atoms with E-state index in [1.54, 1.807) is 24.3 Å². The molecule has 0 heterocycles. The van der Waals surface area contributed by atoms with Crippen molar-refractivity contribution < 1.29 is 14.3 Å². The molecule has 1 amide bonds. The summed E-state index contributed by atoms with van der Waals surface area (Å²) in [5, 5.41) is 12.4. The van der Waals surface area contributed by atoms with Gasteiger partial charge in [0.05, 0.1) is 23.2 Å². The molecule has 0 aromatic heterocycles. The molecule has 0 aliphatic carbocycles. The number of halogens is 3. The molecule has 0 radical (unpaired) electrons. The van der Waals surface area contributed by atoms with Crippen molar-refractivity contribution in [3.05, 3.63) is 69.5 Å². The molecule has 1 atom stereocenters. The van der Waals surface area contributed by atoms with Gasteiger partial charge in [-0.2, -0.15) is 0 Å². The van der Waals surface area contributed by atoms with E-state index in [0.717, 1.165) is 0 Å². The first-order valence-corrected chi connectivity index (χ1v) is 6.89. The smallest absolute Gasteiger partial charge is 0.254 e. The van der Waals surface area contributed by atoms with Crippen LogP contribution in [0.25, 0.3) is 0 Å². The van der Waals surface area contributed by atoms with Crippen molar-refractivity contribution in [1.29, 1.82) is 0 Å². The van der Waals surface area contributed by atoms with E-state index in [1.807, 2.05) is 0 Å². The van der Waals surface area contributed by atoms with Gasteiger partial charge in [0.25, 0.3) is 5.91 Å². The van der Waals surface area contributed by atoms with Crippen LogP contribution in [-0.2, 0) is 0 Å². The molecule has 0 aliphatic rings. The lowest BCUT2D eigenvalue weighted by molar-refractivity contribution is 0.0912. The van der Waals surface area contributed by atoms with Gasteiger partial charge in [-0.1, -0.05) is 41.4 Å². The fraction of sp³-hybridized carbons (Fsp3) is 0.133. The first kappa shape index (κ1) is 15.8. The molecule has 0 bridgehead atoms. The summed E-state index contributed by atoms with van der Waals surface area (Å²) in [4.78, 5) is 12.1.